The molecular weight excluding hydrogens is 414 g/mol. The second kappa shape index (κ2) is 11.0. The molecule has 0 bridgehead atoms. The zero-order valence-electron chi connectivity index (χ0n) is 19.6. The number of hydrogen-bond acceptors (Lipinski definition) is 6. The van der Waals surface area contributed by atoms with E-state index in [-0.39, 0.29) is 17.9 Å². The van der Waals surface area contributed by atoms with Gasteiger partial charge >= 0.3 is 6.09 Å². The van der Waals surface area contributed by atoms with Crippen LogP contribution in [0.3, 0.4) is 0 Å². The maximum Gasteiger partial charge on any atom is 0.408 e. The van der Waals surface area contributed by atoms with Gasteiger partial charge in [-0.3, -0.25) is 9.59 Å². The molecule has 0 aliphatic carbocycles. The van der Waals surface area contributed by atoms with Crippen LogP contribution in [-0.4, -0.2) is 63.4 Å². The monoisotopic (exact) mass is 449 g/mol. The Hall–Kier alpha value is -3.07. The summed E-state index contributed by atoms with van der Waals surface area (Å²) in [7, 11) is 0. The van der Waals surface area contributed by atoms with E-state index in [1.165, 1.54) is 18.2 Å². The third-order valence-electron chi connectivity index (χ3n) is 4.07. The predicted octanol–water partition coefficient (Wildman–Crippen LogP) is 2.25. The minimum absolute atomic E-state index is 0.0815. The molecule has 0 radical (unpaired) electrons. The SMILES string of the molecule is C=CCN(C(=O)C(CO)NC(=O)OC(C)(C)C)C(C(=O)NC(C)(C)C)c1ccccc1O. The van der Waals surface area contributed by atoms with Crippen LogP contribution in [0.2, 0.25) is 0 Å². The third-order valence-corrected chi connectivity index (χ3v) is 4.07. The van der Waals surface area contributed by atoms with E-state index in [1.54, 1.807) is 53.7 Å². The molecule has 0 spiro atoms. The molecule has 3 amide bonds. The van der Waals surface area contributed by atoms with Gasteiger partial charge in [0.1, 0.15) is 23.4 Å². The van der Waals surface area contributed by atoms with Gasteiger partial charge in [-0.2, -0.15) is 0 Å². The van der Waals surface area contributed by atoms with Crippen LogP contribution in [0.15, 0.2) is 36.9 Å². The van der Waals surface area contributed by atoms with Gasteiger partial charge in [0.2, 0.25) is 11.8 Å². The number of aromatic hydroxyl groups is 1. The summed E-state index contributed by atoms with van der Waals surface area (Å²) in [5, 5.41) is 25.4. The molecule has 1 aromatic carbocycles. The van der Waals surface area contributed by atoms with E-state index in [2.05, 4.69) is 17.2 Å². The summed E-state index contributed by atoms with van der Waals surface area (Å²) in [5.41, 5.74) is -1.23. The minimum Gasteiger partial charge on any atom is -0.508 e. The first kappa shape index (κ1) is 27.0. The van der Waals surface area contributed by atoms with Gasteiger partial charge < -0.3 is 30.5 Å². The van der Waals surface area contributed by atoms with Crippen molar-refractivity contribution >= 4 is 17.9 Å². The normalized spacial score (nSPS) is 13.5. The van der Waals surface area contributed by atoms with E-state index < -0.39 is 47.7 Å². The van der Waals surface area contributed by atoms with Crippen molar-refractivity contribution in [3.63, 3.8) is 0 Å². The molecule has 2 atom stereocenters. The molecule has 0 saturated heterocycles. The van der Waals surface area contributed by atoms with E-state index >= 15 is 0 Å². The Kier molecular flexibility index (Phi) is 9.26. The van der Waals surface area contributed by atoms with E-state index in [0.29, 0.717) is 0 Å². The molecule has 9 nitrogen and oxygen atoms in total. The Morgan fingerprint density at radius 1 is 1.16 bits per heavy atom. The quantitative estimate of drug-likeness (QED) is 0.451. The number of nitrogens with one attached hydrogen (secondary N) is 2. The highest BCUT2D eigenvalue weighted by Gasteiger charge is 2.37. The average Bonchev–Trinajstić information content (AvgIpc) is 2.63. The number of benzene rings is 1. The summed E-state index contributed by atoms with van der Waals surface area (Å²) in [6.45, 7) is 13.2. The van der Waals surface area contributed by atoms with Crippen LogP contribution in [0.5, 0.6) is 5.75 Å². The number of nitrogens with zero attached hydrogens (tertiary/aromatic N) is 1. The molecule has 2 unspecified atom stereocenters. The smallest absolute Gasteiger partial charge is 0.408 e. The number of hydrogen-bond donors (Lipinski definition) is 4. The molecule has 32 heavy (non-hydrogen) atoms. The van der Waals surface area contributed by atoms with Gasteiger partial charge in [0.25, 0.3) is 0 Å². The van der Waals surface area contributed by atoms with Crippen LogP contribution in [0, 0.1) is 0 Å². The highest BCUT2D eigenvalue weighted by molar-refractivity contribution is 5.93. The molecule has 0 aliphatic rings. The number of phenols is 1. The highest BCUT2D eigenvalue weighted by Crippen LogP contribution is 2.30. The van der Waals surface area contributed by atoms with Gasteiger partial charge in [-0.25, -0.2) is 4.79 Å². The first-order valence-electron chi connectivity index (χ1n) is 10.3. The standard InChI is InChI=1S/C23H35N3O6/c1-8-13-26(20(30)16(14-27)24-21(31)32-23(5,6)7)18(19(29)25-22(2,3)4)15-11-9-10-12-17(15)28/h8-12,16,18,27-28H,1,13-14H2,2-7H3,(H,24,31)(H,25,29). The lowest BCUT2D eigenvalue weighted by Crippen LogP contribution is -2.55. The zero-order valence-corrected chi connectivity index (χ0v) is 19.6. The summed E-state index contributed by atoms with van der Waals surface area (Å²) in [6.07, 6.45) is 0.527. The summed E-state index contributed by atoms with van der Waals surface area (Å²) < 4.78 is 5.17. The molecule has 1 aromatic rings. The van der Waals surface area contributed by atoms with Gasteiger partial charge in [-0.15, -0.1) is 6.58 Å². The molecule has 178 valence electrons. The number of para-hydroxylation sites is 1. The first-order chi connectivity index (χ1) is 14.7. The highest BCUT2D eigenvalue weighted by atomic mass is 16.6. The third kappa shape index (κ3) is 8.22. The first-order valence-corrected chi connectivity index (χ1v) is 10.3. The molecule has 0 saturated carbocycles. The van der Waals surface area contributed by atoms with Crippen molar-refractivity contribution in [3.8, 4) is 5.75 Å². The minimum atomic E-state index is -1.37. The fraction of sp³-hybridized carbons (Fsp3) is 0.522. The van der Waals surface area contributed by atoms with Crippen LogP contribution in [0.4, 0.5) is 4.79 Å². The second-order valence-corrected chi connectivity index (χ2v) is 9.36. The Morgan fingerprint density at radius 3 is 2.22 bits per heavy atom. The number of rotatable bonds is 8. The van der Waals surface area contributed by atoms with Crippen LogP contribution < -0.4 is 10.6 Å². The summed E-state index contributed by atoms with van der Waals surface area (Å²) in [6, 6.07) is 3.55. The molecule has 0 fully saturated rings. The maximum atomic E-state index is 13.3. The number of carbonyl (C=O) groups excluding carboxylic acids is 3. The van der Waals surface area contributed by atoms with Crippen molar-refractivity contribution in [2.75, 3.05) is 13.2 Å². The molecule has 0 aliphatic heterocycles. The average molecular weight is 450 g/mol. The number of carbonyl (C=O) groups is 3. The number of aliphatic hydroxyl groups excluding tert-OH is 1. The lowest BCUT2D eigenvalue weighted by Gasteiger charge is -2.35. The van der Waals surface area contributed by atoms with E-state index in [1.807, 2.05) is 0 Å². The van der Waals surface area contributed by atoms with Crippen molar-refractivity contribution in [1.29, 1.82) is 0 Å². The largest absolute Gasteiger partial charge is 0.508 e. The molecular formula is C23H35N3O6. The van der Waals surface area contributed by atoms with Gasteiger partial charge in [-0.05, 0) is 47.6 Å². The molecule has 1 rings (SSSR count). The molecule has 4 N–H and O–H groups in total. The topological polar surface area (TPSA) is 128 Å². The van der Waals surface area contributed by atoms with Gasteiger partial charge in [0.05, 0.1) is 6.61 Å². The maximum absolute atomic E-state index is 13.3. The Bertz CT molecular complexity index is 826. The van der Waals surface area contributed by atoms with Gasteiger partial charge in [0, 0.05) is 17.6 Å². The summed E-state index contributed by atoms with van der Waals surface area (Å²) in [4.78, 5) is 39.9. The number of amides is 3. The lowest BCUT2D eigenvalue weighted by molar-refractivity contribution is -0.143. The van der Waals surface area contributed by atoms with E-state index in [9.17, 15) is 24.6 Å². The molecule has 0 heterocycles. The van der Waals surface area contributed by atoms with Crippen molar-refractivity contribution in [2.45, 2.75) is 64.8 Å². The van der Waals surface area contributed by atoms with E-state index in [4.69, 9.17) is 4.74 Å². The zero-order chi connectivity index (χ0) is 24.7. The van der Waals surface area contributed by atoms with E-state index in [0.717, 1.165) is 4.90 Å². The number of ether oxygens (including phenoxy) is 1. The number of phenolic OH excluding ortho intramolecular Hbond substituents is 1. The summed E-state index contributed by atoms with van der Waals surface area (Å²) in [5.74, 6) is -1.46. The molecule has 0 aromatic heterocycles. The van der Waals surface area contributed by atoms with Crippen molar-refractivity contribution in [2.24, 2.45) is 0 Å². The number of aliphatic hydroxyl groups is 1. The predicted molar refractivity (Wildman–Crippen MR) is 121 cm³/mol. The second-order valence-electron chi connectivity index (χ2n) is 9.36. The van der Waals surface area contributed by atoms with Crippen LogP contribution in [0.1, 0.15) is 53.1 Å². The lowest BCUT2D eigenvalue weighted by atomic mass is 10.00. The number of alkyl carbamates (subject to hydrolysis) is 1. The van der Waals surface area contributed by atoms with Crippen LogP contribution >= 0.6 is 0 Å². The van der Waals surface area contributed by atoms with Crippen LogP contribution in [-0.2, 0) is 14.3 Å². The van der Waals surface area contributed by atoms with Gasteiger partial charge in [-0.1, -0.05) is 24.3 Å². The Labute approximate surface area is 189 Å². The fourth-order valence-electron chi connectivity index (χ4n) is 2.90. The Balaban J connectivity index is 3.38. The Morgan fingerprint density at radius 2 is 1.75 bits per heavy atom. The molecule has 9 heteroatoms. The fourth-order valence-corrected chi connectivity index (χ4v) is 2.90. The van der Waals surface area contributed by atoms with Crippen molar-refractivity contribution in [3.05, 3.63) is 42.5 Å². The van der Waals surface area contributed by atoms with Crippen molar-refractivity contribution < 1.29 is 29.3 Å². The van der Waals surface area contributed by atoms with Crippen molar-refractivity contribution in [1.82, 2.24) is 15.5 Å². The summed E-state index contributed by atoms with van der Waals surface area (Å²) >= 11 is 0. The van der Waals surface area contributed by atoms with Gasteiger partial charge in [0.15, 0.2) is 0 Å². The van der Waals surface area contributed by atoms with Crippen LogP contribution in [0.25, 0.3) is 0 Å².